The van der Waals surface area contributed by atoms with Gasteiger partial charge >= 0.3 is 6.09 Å². The molecular weight excluding hydrogens is 258 g/mol. The van der Waals surface area contributed by atoms with Crippen molar-refractivity contribution in [2.75, 3.05) is 6.61 Å². The van der Waals surface area contributed by atoms with Crippen LogP contribution in [-0.4, -0.2) is 34.6 Å². The van der Waals surface area contributed by atoms with Crippen molar-refractivity contribution in [2.45, 2.75) is 44.9 Å². The second-order valence-corrected chi connectivity index (χ2v) is 5.89. The Bertz CT molecular complexity index is 441. The first-order valence-electron chi connectivity index (χ1n) is 6.54. The van der Waals surface area contributed by atoms with Gasteiger partial charge in [0.25, 0.3) is 0 Å². The molecule has 0 bridgehead atoms. The topological polar surface area (TPSA) is 78.8 Å². The van der Waals surface area contributed by atoms with Gasteiger partial charge in [-0.1, -0.05) is 30.3 Å². The third-order valence-electron chi connectivity index (χ3n) is 2.97. The number of benzene rings is 1. The van der Waals surface area contributed by atoms with Crippen molar-refractivity contribution in [2.24, 2.45) is 0 Å². The summed E-state index contributed by atoms with van der Waals surface area (Å²) in [6.07, 6.45) is -1.78. The number of rotatable bonds is 4. The molecule has 5 heteroatoms. The van der Waals surface area contributed by atoms with E-state index in [1.54, 1.807) is 52.0 Å². The molecule has 0 radical (unpaired) electrons. The minimum Gasteiger partial charge on any atom is -0.444 e. The molecule has 1 rings (SSSR count). The maximum absolute atomic E-state index is 11.9. The molecule has 3 N–H and O–H groups in total. The zero-order valence-corrected chi connectivity index (χ0v) is 12.4. The number of hydrogen-bond acceptors (Lipinski definition) is 4. The highest BCUT2D eigenvalue weighted by Gasteiger charge is 2.37. The van der Waals surface area contributed by atoms with Crippen LogP contribution >= 0.6 is 0 Å². The van der Waals surface area contributed by atoms with E-state index in [1.165, 1.54) is 0 Å². The van der Waals surface area contributed by atoms with Gasteiger partial charge in [0.05, 0.1) is 12.1 Å². The van der Waals surface area contributed by atoms with Gasteiger partial charge in [-0.15, -0.1) is 0 Å². The molecule has 0 spiro atoms. The summed E-state index contributed by atoms with van der Waals surface area (Å²) >= 11 is 0. The van der Waals surface area contributed by atoms with Crippen LogP contribution in [0.5, 0.6) is 0 Å². The van der Waals surface area contributed by atoms with Crippen LogP contribution in [0.1, 0.15) is 33.3 Å². The van der Waals surface area contributed by atoms with E-state index in [4.69, 9.17) is 4.74 Å². The van der Waals surface area contributed by atoms with Crippen LogP contribution in [0, 0.1) is 0 Å². The summed E-state index contributed by atoms with van der Waals surface area (Å²) in [6, 6.07) is 8.98. The highest BCUT2D eigenvalue weighted by molar-refractivity contribution is 5.69. The van der Waals surface area contributed by atoms with Gasteiger partial charge in [0.1, 0.15) is 11.7 Å². The predicted octanol–water partition coefficient (Wildman–Crippen LogP) is 1.78. The minimum atomic E-state index is -1.14. The van der Waals surface area contributed by atoms with Gasteiger partial charge in [0.15, 0.2) is 0 Å². The summed E-state index contributed by atoms with van der Waals surface area (Å²) in [7, 11) is 0. The Morgan fingerprint density at radius 2 is 1.80 bits per heavy atom. The van der Waals surface area contributed by atoms with Crippen LogP contribution in [0.3, 0.4) is 0 Å². The lowest BCUT2D eigenvalue weighted by Crippen LogP contribution is -2.54. The maximum Gasteiger partial charge on any atom is 0.408 e. The fourth-order valence-electron chi connectivity index (χ4n) is 1.83. The van der Waals surface area contributed by atoms with Crippen molar-refractivity contribution in [3.8, 4) is 0 Å². The van der Waals surface area contributed by atoms with E-state index in [-0.39, 0.29) is 0 Å². The summed E-state index contributed by atoms with van der Waals surface area (Å²) in [5.41, 5.74) is -1.07. The number of carbonyl (C=O) groups is 1. The molecule has 0 aliphatic rings. The number of aliphatic hydroxyl groups excluding tert-OH is 2. The van der Waals surface area contributed by atoms with E-state index in [2.05, 4.69) is 5.32 Å². The molecule has 0 aromatic heterocycles. The number of nitrogens with one attached hydrogen (secondary N) is 1. The number of aliphatic hydroxyl groups is 2. The Hall–Kier alpha value is -1.59. The zero-order valence-electron chi connectivity index (χ0n) is 12.4. The van der Waals surface area contributed by atoms with E-state index >= 15 is 0 Å². The molecule has 5 nitrogen and oxygen atoms in total. The van der Waals surface area contributed by atoms with Gasteiger partial charge in [-0.25, -0.2) is 4.79 Å². The first kappa shape index (κ1) is 16.5. The molecule has 1 aromatic carbocycles. The highest BCUT2D eigenvalue weighted by Crippen LogP contribution is 2.25. The molecule has 20 heavy (non-hydrogen) atoms. The van der Waals surface area contributed by atoms with E-state index in [0.717, 1.165) is 0 Å². The minimum absolute atomic E-state index is 0.471. The number of carbonyl (C=O) groups excluding carboxylic acids is 1. The van der Waals surface area contributed by atoms with E-state index in [0.29, 0.717) is 5.56 Å². The molecule has 1 aromatic rings. The van der Waals surface area contributed by atoms with E-state index in [1.807, 2.05) is 6.07 Å². The summed E-state index contributed by atoms with van der Waals surface area (Å²) < 4.78 is 5.21. The highest BCUT2D eigenvalue weighted by atomic mass is 16.6. The van der Waals surface area contributed by atoms with Crippen LogP contribution in [0.15, 0.2) is 30.3 Å². The average molecular weight is 281 g/mol. The Kier molecular flexibility index (Phi) is 5.14. The largest absolute Gasteiger partial charge is 0.444 e. The molecule has 0 aliphatic heterocycles. The van der Waals surface area contributed by atoms with Crippen LogP contribution in [0.25, 0.3) is 0 Å². The normalized spacial score (nSPS) is 16.1. The van der Waals surface area contributed by atoms with Crippen LogP contribution in [0.4, 0.5) is 4.79 Å². The zero-order chi connectivity index (χ0) is 15.4. The maximum atomic E-state index is 11.9. The van der Waals surface area contributed by atoms with Gasteiger partial charge in [-0.05, 0) is 33.3 Å². The summed E-state index contributed by atoms with van der Waals surface area (Å²) in [6.45, 7) is 6.45. The average Bonchev–Trinajstić information content (AvgIpc) is 2.36. The molecule has 2 atom stereocenters. The number of amides is 1. The van der Waals surface area contributed by atoms with Crippen molar-refractivity contribution in [3.63, 3.8) is 0 Å². The third kappa shape index (κ3) is 4.21. The van der Waals surface area contributed by atoms with Crippen molar-refractivity contribution in [1.82, 2.24) is 5.32 Å². The third-order valence-corrected chi connectivity index (χ3v) is 2.97. The number of alkyl carbamates (subject to hydrolysis) is 1. The predicted molar refractivity (Wildman–Crippen MR) is 76.3 cm³/mol. The monoisotopic (exact) mass is 281 g/mol. The fourth-order valence-corrected chi connectivity index (χ4v) is 1.83. The van der Waals surface area contributed by atoms with Gasteiger partial charge in [-0.2, -0.15) is 0 Å². The quantitative estimate of drug-likeness (QED) is 0.786. The van der Waals surface area contributed by atoms with Crippen LogP contribution < -0.4 is 5.32 Å². The van der Waals surface area contributed by atoms with Gasteiger partial charge in [-0.3, -0.25) is 0 Å². The van der Waals surface area contributed by atoms with Crippen molar-refractivity contribution in [3.05, 3.63) is 35.9 Å². The van der Waals surface area contributed by atoms with E-state index in [9.17, 15) is 15.0 Å². The van der Waals surface area contributed by atoms with Gasteiger partial charge in [0.2, 0.25) is 0 Å². The first-order valence-corrected chi connectivity index (χ1v) is 6.54. The van der Waals surface area contributed by atoms with Gasteiger partial charge in [0, 0.05) is 0 Å². The Balaban J connectivity index is 2.99. The first-order chi connectivity index (χ1) is 9.19. The Labute approximate surface area is 119 Å². The van der Waals surface area contributed by atoms with Crippen LogP contribution in [-0.2, 0) is 10.3 Å². The molecule has 1 amide bonds. The lowest BCUT2D eigenvalue weighted by Gasteiger charge is -2.35. The summed E-state index contributed by atoms with van der Waals surface area (Å²) in [5.74, 6) is 0. The lowest BCUT2D eigenvalue weighted by molar-refractivity contribution is 0.00281. The SMILES string of the molecule is CC(C)(C)OC(=O)N[C@](C)(c1ccccc1)[C@@H](O)CO. The summed E-state index contributed by atoms with van der Waals surface area (Å²) in [4.78, 5) is 11.9. The molecule has 0 aliphatic carbocycles. The molecule has 0 heterocycles. The lowest BCUT2D eigenvalue weighted by atomic mass is 9.86. The summed E-state index contributed by atoms with van der Waals surface area (Å²) in [5, 5.41) is 21.9. The van der Waals surface area contributed by atoms with Gasteiger partial charge < -0.3 is 20.3 Å². The number of ether oxygens (including phenoxy) is 1. The van der Waals surface area contributed by atoms with Crippen molar-refractivity contribution in [1.29, 1.82) is 0 Å². The molecular formula is C15H23NO4. The van der Waals surface area contributed by atoms with Crippen LogP contribution in [0.2, 0.25) is 0 Å². The standard InChI is InChI=1S/C15H23NO4/c1-14(2,3)20-13(19)16-15(4,12(18)10-17)11-8-6-5-7-9-11/h5-9,12,17-18H,10H2,1-4H3,(H,16,19)/t12-,15+/m0/s1. The molecule has 0 fully saturated rings. The smallest absolute Gasteiger partial charge is 0.408 e. The Morgan fingerprint density at radius 1 is 1.25 bits per heavy atom. The molecule has 0 unspecified atom stereocenters. The van der Waals surface area contributed by atoms with E-state index < -0.39 is 29.9 Å². The van der Waals surface area contributed by atoms with Crippen molar-refractivity contribution < 1.29 is 19.7 Å². The second-order valence-electron chi connectivity index (χ2n) is 5.89. The van der Waals surface area contributed by atoms with Crippen molar-refractivity contribution >= 4 is 6.09 Å². The number of hydrogen-bond donors (Lipinski definition) is 3. The molecule has 112 valence electrons. The fraction of sp³-hybridized carbons (Fsp3) is 0.533. The second kappa shape index (κ2) is 6.24. The Morgan fingerprint density at radius 3 is 2.25 bits per heavy atom. The molecule has 0 saturated heterocycles. The molecule has 0 saturated carbocycles.